The van der Waals surface area contributed by atoms with Gasteiger partial charge in [0.15, 0.2) is 0 Å². The minimum atomic E-state index is 0.629. The molecule has 2 heteroatoms. The van der Waals surface area contributed by atoms with Gasteiger partial charge < -0.3 is 10.3 Å². The van der Waals surface area contributed by atoms with Gasteiger partial charge in [-0.1, -0.05) is 13.5 Å². The third-order valence-corrected chi connectivity index (χ3v) is 1.48. The first-order valence-corrected chi connectivity index (χ1v) is 3.49. The molecule has 1 N–H and O–H groups in total. The van der Waals surface area contributed by atoms with Crippen LogP contribution in [0.4, 0.5) is 0 Å². The molecule has 2 nitrogen and oxygen atoms in total. The fourth-order valence-electron chi connectivity index (χ4n) is 0.517. The predicted molar refractivity (Wildman–Crippen MR) is 45.7 cm³/mol. The van der Waals surface area contributed by atoms with E-state index in [9.17, 15) is 0 Å². The molecule has 0 saturated carbocycles. The fraction of sp³-hybridized carbons (Fsp3) is 0.625. The van der Waals surface area contributed by atoms with Crippen molar-refractivity contribution in [1.82, 2.24) is 4.90 Å². The highest BCUT2D eigenvalue weighted by atomic mass is 15.1. The van der Waals surface area contributed by atoms with Gasteiger partial charge in [0.1, 0.15) is 0 Å². The van der Waals surface area contributed by atoms with Crippen molar-refractivity contribution in [3.8, 4) is 0 Å². The molecule has 58 valence electrons. The molecule has 0 spiro atoms. The molecule has 10 heavy (non-hydrogen) atoms. The maximum atomic E-state index is 7.44. The van der Waals surface area contributed by atoms with Gasteiger partial charge in [-0.05, 0) is 26.1 Å². The lowest BCUT2D eigenvalue weighted by atomic mass is 10.2. The highest BCUT2D eigenvalue weighted by molar-refractivity contribution is 5.98. The summed E-state index contributed by atoms with van der Waals surface area (Å²) in [6.07, 6.45) is 0. The van der Waals surface area contributed by atoms with Gasteiger partial charge in [0.05, 0.1) is 0 Å². The van der Waals surface area contributed by atoms with Crippen LogP contribution >= 0.6 is 0 Å². The van der Waals surface area contributed by atoms with Crippen molar-refractivity contribution in [1.29, 1.82) is 5.41 Å². The molecule has 0 amide bonds. The minimum absolute atomic E-state index is 0.629. The summed E-state index contributed by atoms with van der Waals surface area (Å²) in [4.78, 5) is 2.08. The summed E-state index contributed by atoms with van der Waals surface area (Å²) in [6.45, 7) is 9.33. The predicted octanol–water partition coefficient (Wildman–Crippen LogP) is 1.53. The SMILES string of the molecule is C=C(C)C(=N)CN(C)CC. The second-order valence-corrected chi connectivity index (χ2v) is 2.59. The van der Waals surface area contributed by atoms with Gasteiger partial charge in [0.2, 0.25) is 0 Å². The first kappa shape index (κ1) is 9.37. The molecule has 0 aliphatic heterocycles. The van der Waals surface area contributed by atoms with Gasteiger partial charge in [-0.3, -0.25) is 0 Å². The number of nitrogens with one attached hydrogen (secondary N) is 1. The van der Waals surface area contributed by atoms with Crippen LogP contribution in [0.2, 0.25) is 0 Å². The van der Waals surface area contributed by atoms with Gasteiger partial charge in [-0.2, -0.15) is 0 Å². The van der Waals surface area contributed by atoms with Gasteiger partial charge in [0.25, 0.3) is 0 Å². The Morgan fingerprint density at radius 1 is 1.60 bits per heavy atom. The van der Waals surface area contributed by atoms with Gasteiger partial charge in [0, 0.05) is 12.3 Å². The molecule has 0 aromatic rings. The summed E-state index contributed by atoms with van der Waals surface area (Å²) in [6, 6.07) is 0. The standard InChI is InChI=1S/C8H16N2/c1-5-10(4)6-8(9)7(2)3/h9H,2,5-6H2,1,3-4H3. The maximum absolute atomic E-state index is 7.44. The zero-order valence-corrected chi connectivity index (χ0v) is 7.07. The number of nitrogens with zero attached hydrogens (tertiary/aromatic N) is 1. The molecular formula is C8H16N2. The first-order valence-electron chi connectivity index (χ1n) is 3.49. The molecule has 0 aliphatic carbocycles. The van der Waals surface area contributed by atoms with Crippen LogP contribution in [0.3, 0.4) is 0 Å². The van der Waals surface area contributed by atoms with Crippen LogP contribution in [-0.2, 0) is 0 Å². The first-order chi connectivity index (χ1) is 4.57. The lowest BCUT2D eigenvalue weighted by molar-refractivity contribution is 0.403. The number of rotatable bonds is 4. The second-order valence-electron chi connectivity index (χ2n) is 2.59. The van der Waals surface area contributed by atoms with E-state index in [0.29, 0.717) is 12.3 Å². The van der Waals surface area contributed by atoms with Gasteiger partial charge >= 0.3 is 0 Å². The highest BCUT2D eigenvalue weighted by Gasteiger charge is 1.99. The molecule has 0 heterocycles. The van der Waals surface area contributed by atoms with Crippen LogP contribution in [0, 0.1) is 5.41 Å². The van der Waals surface area contributed by atoms with E-state index < -0.39 is 0 Å². The van der Waals surface area contributed by atoms with Crippen LogP contribution in [0.15, 0.2) is 12.2 Å². The average molecular weight is 140 g/mol. The van der Waals surface area contributed by atoms with Crippen molar-refractivity contribution in [3.63, 3.8) is 0 Å². The molecular weight excluding hydrogens is 124 g/mol. The monoisotopic (exact) mass is 140 g/mol. The zero-order chi connectivity index (χ0) is 8.15. The molecule has 0 atom stereocenters. The van der Waals surface area contributed by atoms with E-state index in [1.165, 1.54) is 0 Å². The Balaban J connectivity index is 3.68. The summed E-state index contributed by atoms with van der Waals surface area (Å²) in [7, 11) is 2.00. The Bertz CT molecular complexity index is 138. The average Bonchev–Trinajstić information content (AvgIpc) is 1.87. The molecule has 0 aromatic heterocycles. The lowest BCUT2D eigenvalue weighted by Gasteiger charge is -2.13. The topological polar surface area (TPSA) is 27.1 Å². The molecule has 0 aliphatic rings. The van der Waals surface area contributed by atoms with Crippen molar-refractivity contribution in [2.45, 2.75) is 13.8 Å². The molecule has 0 aromatic carbocycles. The van der Waals surface area contributed by atoms with Crippen LogP contribution in [0.5, 0.6) is 0 Å². The quantitative estimate of drug-likeness (QED) is 0.589. The summed E-state index contributed by atoms with van der Waals surface area (Å²) in [5.74, 6) is 0. The third-order valence-electron chi connectivity index (χ3n) is 1.48. The van der Waals surface area contributed by atoms with Crippen molar-refractivity contribution >= 4 is 5.71 Å². The third kappa shape index (κ3) is 3.41. The van der Waals surface area contributed by atoms with E-state index in [4.69, 9.17) is 5.41 Å². The summed E-state index contributed by atoms with van der Waals surface area (Å²) in [5, 5.41) is 7.44. The Kier molecular flexibility index (Phi) is 3.96. The normalized spacial score (nSPS) is 10.0. The largest absolute Gasteiger partial charge is 0.304 e. The summed E-state index contributed by atoms with van der Waals surface area (Å²) < 4.78 is 0. The number of hydrogen-bond acceptors (Lipinski definition) is 2. The van der Waals surface area contributed by atoms with Crippen LogP contribution in [-0.4, -0.2) is 30.7 Å². The fourth-order valence-corrected chi connectivity index (χ4v) is 0.517. The Morgan fingerprint density at radius 3 is 2.40 bits per heavy atom. The molecule has 0 unspecified atom stereocenters. The maximum Gasteiger partial charge on any atom is 0.0477 e. The Hall–Kier alpha value is -0.630. The van der Waals surface area contributed by atoms with Crippen LogP contribution < -0.4 is 0 Å². The zero-order valence-electron chi connectivity index (χ0n) is 7.07. The second kappa shape index (κ2) is 4.23. The minimum Gasteiger partial charge on any atom is -0.304 e. The van der Waals surface area contributed by atoms with Crippen molar-refractivity contribution in [2.75, 3.05) is 20.1 Å². The van der Waals surface area contributed by atoms with E-state index in [2.05, 4.69) is 18.4 Å². The van der Waals surface area contributed by atoms with E-state index in [1.807, 2.05) is 14.0 Å². The van der Waals surface area contributed by atoms with Crippen LogP contribution in [0.25, 0.3) is 0 Å². The molecule has 0 radical (unpaired) electrons. The lowest BCUT2D eigenvalue weighted by Crippen LogP contribution is -2.25. The van der Waals surface area contributed by atoms with E-state index in [0.717, 1.165) is 12.1 Å². The number of hydrogen-bond donors (Lipinski definition) is 1. The summed E-state index contributed by atoms with van der Waals surface area (Å²) in [5.41, 5.74) is 1.49. The van der Waals surface area contributed by atoms with E-state index in [-0.39, 0.29) is 0 Å². The molecule has 0 fully saturated rings. The van der Waals surface area contributed by atoms with Gasteiger partial charge in [-0.15, -0.1) is 0 Å². The molecule has 0 rings (SSSR count). The molecule has 0 bridgehead atoms. The van der Waals surface area contributed by atoms with E-state index >= 15 is 0 Å². The Labute approximate surface area is 63.0 Å². The highest BCUT2D eigenvalue weighted by Crippen LogP contribution is 1.92. The molecule has 0 saturated heterocycles. The smallest absolute Gasteiger partial charge is 0.0477 e. The summed E-state index contributed by atoms with van der Waals surface area (Å²) >= 11 is 0. The van der Waals surface area contributed by atoms with Crippen LogP contribution in [0.1, 0.15) is 13.8 Å². The van der Waals surface area contributed by atoms with Crippen molar-refractivity contribution in [2.24, 2.45) is 0 Å². The van der Waals surface area contributed by atoms with Crippen molar-refractivity contribution in [3.05, 3.63) is 12.2 Å². The van der Waals surface area contributed by atoms with Gasteiger partial charge in [-0.25, -0.2) is 0 Å². The van der Waals surface area contributed by atoms with E-state index in [1.54, 1.807) is 0 Å². The Morgan fingerprint density at radius 2 is 2.10 bits per heavy atom. The van der Waals surface area contributed by atoms with Crippen molar-refractivity contribution < 1.29 is 0 Å².